The minimum absolute atomic E-state index is 0.464. The van der Waals surface area contributed by atoms with Crippen molar-refractivity contribution in [3.05, 3.63) is 47.1 Å². The van der Waals surface area contributed by atoms with Gasteiger partial charge in [0.25, 0.3) is 0 Å². The van der Waals surface area contributed by atoms with Crippen LogP contribution in [0.2, 0.25) is 5.02 Å². The number of aromatic nitrogens is 4. The van der Waals surface area contributed by atoms with E-state index in [0.29, 0.717) is 41.0 Å². The van der Waals surface area contributed by atoms with Gasteiger partial charge in [0.1, 0.15) is 5.75 Å². The second-order valence-corrected chi connectivity index (χ2v) is 5.24. The molecule has 0 amide bonds. The first kappa shape index (κ1) is 14.6. The number of halogens is 1. The van der Waals surface area contributed by atoms with Gasteiger partial charge in [-0.25, -0.2) is 0 Å². The maximum Gasteiger partial charge on any atom is 0.228 e. The fraction of sp³-hybridized carbons (Fsp3) is 0.267. The monoisotopic (exact) mass is 318 g/mol. The normalized spacial score (nSPS) is 10.9. The smallest absolute Gasteiger partial charge is 0.228 e. The molecule has 0 aliphatic carbocycles. The molecule has 6 nitrogen and oxygen atoms in total. The molecule has 0 radical (unpaired) electrons. The summed E-state index contributed by atoms with van der Waals surface area (Å²) in [5.41, 5.74) is 1.80. The first-order valence-corrected chi connectivity index (χ1v) is 7.20. The first-order valence-electron chi connectivity index (χ1n) is 6.82. The quantitative estimate of drug-likeness (QED) is 0.723. The van der Waals surface area contributed by atoms with Crippen LogP contribution in [0.1, 0.15) is 11.6 Å². The van der Waals surface area contributed by atoms with E-state index in [1.165, 1.54) is 0 Å². The topological polar surface area (TPSA) is 66.0 Å². The van der Waals surface area contributed by atoms with E-state index >= 15 is 0 Å². The highest BCUT2D eigenvalue weighted by Gasteiger charge is 2.14. The highest BCUT2D eigenvalue weighted by Crippen LogP contribution is 2.30. The molecule has 2 heterocycles. The maximum atomic E-state index is 6.02. The Hall–Kier alpha value is -2.34. The summed E-state index contributed by atoms with van der Waals surface area (Å²) in [4.78, 5) is 4.40. The minimum atomic E-state index is 0.464. The van der Waals surface area contributed by atoms with Crippen molar-refractivity contribution in [2.75, 3.05) is 7.11 Å². The molecule has 3 rings (SSSR count). The Morgan fingerprint density at radius 2 is 2.18 bits per heavy atom. The van der Waals surface area contributed by atoms with Crippen molar-refractivity contribution in [2.24, 2.45) is 0 Å². The fourth-order valence-electron chi connectivity index (χ4n) is 2.16. The van der Waals surface area contributed by atoms with Crippen LogP contribution in [0.5, 0.6) is 5.75 Å². The molecule has 0 bridgehead atoms. The molecule has 0 unspecified atom stereocenters. The van der Waals surface area contributed by atoms with E-state index in [1.54, 1.807) is 31.5 Å². The molecule has 0 N–H and O–H groups in total. The lowest BCUT2D eigenvalue weighted by Crippen LogP contribution is -2.05. The molecule has 0 fully saturated rings. The van der Waals surface area contributed by atoms with Gasteiger partial charge in [0.15, 0.2) is 0 Å². The average molecular weight is 319 g/mol. The molecule has 0 saturated heterocycles. The highest BCUT2D eigenvalue weighted by molar-refractivity contribution is 6.30. The second kappa shape index (κ2) is 6.19. The molecule has 0 atom stereocenters. The number of rotatable bonds is 5. The number of aryl methyl sites for hydroxylation is 3. The van der Waals surface area contributed by atoms with Crippen LogP contribution in [-0.4, -0.2) is 27.0 Å². The summed E-state index contributed by atoms with van der Waals surface area (Å²) in [6.07, 6.45) is 2.38. The van der Waals surface area contributed by atoms with Crippen LogP contribution in [0.25, 0.3) is 11.4 Å². The van der Waals surface area contributed by atoms with Gasteiger partial charge in [-0.2, -0.15) is 10.1 Å². The number of ether oxygens (including phenoxy) is 1. The molecular weight excluding hydrogens is 304 g/mol. The van der Waals surface area contributed by atoms with Gasteiger partial charge in [0.2, 0.25) is 11.7 Å². The molecule has 0 aliphatic rings. The molecular formula is C15H15ClN4O2. The van der Waals surface area contributed by atoms with E-state index in [4.69, 9.17) is 20.9 Å². The van der Waals surface area contributed by atoms with Crippen LogP contribution >= 0.6 is 11.6 Å². The van der Waals surface area contributed by atoms with Crippen molar-refractivity contribution >= 4 is 11.6 Å². The molecule has 114 valence electrons. The third kappa shape index (κ3) is 2.96. The lowest BCUT2D eigenvalue weighted by Gasteiger charge is -2.04. The van der Waals surface area contributed by atoms with E-state index in [-0.39, 0.29) is 0 Å². The van der Waals surface area contributed by atoms with Crippen LogP contribution in [0.4, 0.5) is 0 Å². The molecule has 2 aromatic heterocycles. The Morgan fingerprint density at radius 3 is 2.91 bits per heavy atom. The summed E-state index contributed by atoms with van der Waals surface area (Å²) in [7, 11) is 1.59. The largest absolute Gasteiger partial charge is 0.496 e. The van der Waals surface area contributed by atoms with Gasteiger partial charge < -0.3 is 9.26 Å². The SMILES string of the molecule is COc1ccc(Cl)cc1-c1noc(CCn2nccc2C)n1. The number of benzene rings is 1. The summed E-state index contributed by atoms with van der Waals surface area (Å²) in [5, 5.41) is 8.82. The van der Waals surface area contributed by atoms with Crippen molar-refractivity contribution in [3.63, 3.8) is 0 Å². The van der Waals surface area contributed by atoms with Crippen LogP contribution < -0.4 is 4.74 Å². The maximum absolute atomic E-state index is 6.02. The van der Waals surface area contributed by atoms with Gasteiger partial charge in [-0.15, -0.1) is 0 Å². The lowest BCUT2D eigenvalue weighted by atomic mass is 10.2. The molecule has 22 heavy (non-hydrogen) atoms. The van der Waals surface area contributed by atoms with E-state index in [2.05, 4.69) is 15.2 Å². The summed E-state index contributed by atoms with van der Waals surface area (Å²) in [5.74, 6) is 1.66. The average Bonchev–Trinajstić information content (AvgIpc) is 3.14. The minimum Gasteiger partial charge on any atom is -0.496 e. The van der Waals surface area contributed by atoms with Crippen molar-refractivity contribution in [3.8, 4) is 17.1 Å². The Balaban J connectivity index is 1.79. The molecule has 0 aliphatic heterocycles. The van der Waals surface area contributed by atoms with Gasteiger partial charge in [0.05, 0.1) is 12.7 Å². The van der Waals surface area contributed by atoms with E-state index in [0.717, 1.165) is 5.69 Å². The van der Waals surface area contributed by atoms with Crippen molar-refractivity contribution in [2.45, 2.75) is 19.9 Å². The van der Waals surface area contributed by atoms with E-state index in [1.807, 2.05) is 17.7 Å². The number of methoxy groups -OCH3 is 1. The van der Waals surface area contributed by atoms with Crippen molar-refractivity contribution in [1.82, 2.24) is 19.9 Å². The standard InChI is InChI=1S/C15H15ClN4O2/c1-10-5-7-17-20(10)8-6-14-18-15(19-22-14)12-9-11(16)3-4-13(12)21-2/h3-5,7,9H,6,8H2,1-2H3. The zero-order valence-corrected chi connectivity index (χ0v) is 13.0. The van der Waals surface area contributed by atoms with Gasteiger partial charge >= 0.3 is 0 Å². The van der Waals surface area contributed by atoms with Gasteiger partial charge in [-0.05, 0) is 31.2 Å². The van der Waals surface area contributed by atoms with Crippen LogP contribution in [0.15, 0.2) is 35.0 Å². The Morgan fingerprint density at radius 1 is 1.32 bits per heavy atom. The van der Waals surface area contributed by atoms with Gasteiger partial charge in [-0.3, -0.25) is 4.68 Å². The molecule has 0 saturated carbocycles. The zero-order chi connectivity index (χ0) is 15.5. The predicted molar refractivity (Wildman–Crippen MR) is 82.0 cm³/mol. The summed E-state index contributed by atoms with van der Waals surface area (Å²) < 4.78 is 12.5. The van der Waals surface area contributed by atoms with Gasteiger partial charge in [0, 0.05) is 29.9 Å². The number of nitrogens with zero attached hydrogens (tertiary/aromatic N) is 4. The Bertz CT molecular complexity index is 781. The van der Waals surface area contributed by atoms with E-state index in [9.17, 15) is 0 Å². The number of hydrogen-bond donors (Lipinski definition) is 0. The Kier molecular flexibility index (Phi) is 4.11. The Labute approximate surface area is 132 Å². The van der Waals surface area contributed by atoms with Crippen molar-refractivity contribution in [1.29, 1.82) is 0 Å². The fourth-order valence-corrected chi connectivity index (χ4v) is 2.33. The van der Waals surface area contributed by atoms with Crippen LogP contribution in [-0.2, 0) is 13.0 Å². The molecule has 3 aromatic rings. The molecule has 1 aromatic carbocycles. The van der Waals surface area contributed by atoms with Crippen LogP contribution in [0, 0.1) is 6.92 Å². The second-order valence-electron chi connectivity index (χ2n) is 4.80. The first-order chi connectivity index (χ1) is 10.7. The molecule has 0 spiro atoms. The number of hydrogen-bond acceptors (Lipinski definition) is 5. The predicted octanol–water partition coefficient (Wildman–Crippen LogP) is 3.15. The van der Waals surface area contributed by atoms with E-state index < -0.39 is 0 Å². The third-order valence-electron chi connectivity index (χ3n) is 3.34. The molecule has 7 heteroatoms. The summed E-state index contributed by atoms with van der Waals surface area (Å²) >= 11 is 6.02. The van der Waals surface area contributed by atoms with Crippen molar-refractivity contribution < 1.29 is 9.26 Å². The summed E-state index contributed by atoms with van der Waals surface area (Å²) in [6, 6.07) is 7.24. The zero-order valence-electron chi connectivity index (χ0n) is 12.3. The van der Waals surface area contributed by atoms with Gasteiger partial charge in [-0.1, -0.05) is 16.8 Å². The van der Waals surface area contributed by atoms with Crippen LogP contribution in [0.3, 0.4) is 0 Å². The summed E-state index contributed by atoms with van der Waals surface area (Å²) in [6.45, 7) is 2.69. The lowest BCUT2D eigenvalue weighted by molar-refractivity contribution is 0.368. The highest BCUT2D eigenvalue weighted by atomic mass is 35.5. The third-order valence-corrected chi connectivity index (χ3v) is 3.57.